The highest BCUT2D eigenvalue weighted by atomic mass is 31.3. The van der Waals surface area contributed by atoms with Crippen LogP contribution in [0.2, 0.25) is 0 Å². The maximum Gasteiger partial charge on any atom is 0.488 e. The van der Waals surface area contributed by atoms with E-state index < -0.39 is 23.2 Å². The normalized spacial score (nSPS) is 18.5. The lowest BCUT2D eigenvalue weighted by Gasteiger charge is -2.13. The fourth-order valence-corrected chi connectivity index (χ4v) is 4.48. The minimum Gasteiger partial charge on any atom is -0.321 e. The van der Waals surface area contributed by atoms with Crippen molar-refractivity contribution in [2.45, 2.75) is 33.6 Å². The second-order valence-corrected chi connectivity index (χ2v) is 9.51. The van der Waals surface area contributed by atoms with Gasteiger partial charge in [-0.25, -0.2) is 13.4 Å². The fourth-order valence-electron chi connectivity index (χ4n) is 1.31. The van der Waals surface area contributed by atoms with Crippen LogP contribution in [0.15, 0.2) is 35.2 Å². The summed E-state index contributed by atoms with van der Waals surface area (Å²) in [5, 5.41) is 0. The smallest absolute Gasteiger partial charge is 0.321 e. The van der Waals surface area contributed by atoms with Gasteiger partial charge in [0.25, 0.3) is 0 Å². The average Bonchev–Trinajstić information content (AvgIpc) is 2.22. The zero-order chi connectivity index (χ0) is 18.3. The van der Waals surface area contributed by atoms with Gasteiger partial charge in [-0.2, -0.15) is 4.31 Å². The summed E-state index contributed by atoms with van der Waals surface area (Å²) in [5.41, 5.74) is 2.06. The van der Waals surface area contributed by atoms with Crippen LogP contribution >= 0.6 is 23.2 Å². The van der Waals surface area contributed by atoms with Crippen molar-refractivity contribution in [3.8, 4) is 0 Å². The highest BCUT2D eigenvalue weighted by Gasteiger charge is 2.38. The quantitative estimate of drug-likeness (QED) is 0.263. The van der Waals surface area contributed by atoms with Gasteiger partial charge in [0.15, 0.2) is 0 Å². The summed E-state index contributed by atoms with van der Waals surface area (Å²) < 4.78 is 40.5. The van der Waals surface area contributed by atoms with E-state index in [4.69, 9.17) is 14.7 Å². The molecule has 0 aliphatic carbocycles. The van der Waals surface area contributed by atoms with Crippen molar-refractivity contribution in [2.75, 3.05) is 0 Å². The Morgan fingerprint density at radius 1 is 1.00 bits per heavy atom. The molecule has 0 heterocycles. The second kappa shape index (κ2) is 9.23. The van der Waals surface area contributed by atoms with E-state index in [0.717, 1.165) is 18.1 Å². The predicted octanol–water partition coefficient (Wildman–Crippen LogP) is 3.60. The number of phosphoric acid groups is 2. The average molecular weight is 390 g/mol. The number of allylic oxidation sites excluding steroid dienone is 5. The predicted molar refractivity (Wildman–Crippen MR) is 85.4 cm³/mol. The molecule has 12 heteroatoms. The molecule has 0 rings (SSSR count). The lowest BCUT2D eigenvalue weighted by Crippen LogP contribution is -1.91. The molecule has 0 amide bonds. The van der Waals surface area contributed by atoms with E-state index in [1.165, 1.54) is 11.6 Å². The molecule has 134 valence electrons. The van der Waals surface area contributed by atoms with Gasteiger partial charge in [-0.05, 0) is 33.6 Å². The van der Waals surface area contributed by atoms with Gasteiger partial charge in [0.05, 0.1) is 0 Å². The van der Waals surface area contributed by atoms with Crippen LogP contribution in [0.4, 0.5) is 0 Å². The Hall–Kier alpha value is -0.330. The molecule has 0 aliphatic rings. The summed E-state index contributed by atoms with van der Waals surface area (Å²) in [6.45, 7) is 5.72. The summed E-state index contributed by atoms with van der Waals surface area (Å²) >= 11 is 0. The van der Waals surface area contributed by atoms with Crippen molar-refractivity contribution in [2.24, 2.45) is 0 Å². The van der Waals surface area contributed by atoms with Crippen LogP contribution in [0.1, 0.15) is 33.6 Å². The van der Waals surface area contributed by atoms with Crippen LogP contribution in [0.5, 0.6) is 0 Å². The minimum atomic E-state index is -5.38. The van der Waals surface area contributed by atoms with Gasteiger partial charge in [-0.15, -0.1) is 0 Å². The van der Waals surface area contributed by atoms with Crippen molar-refractivity contribution in [1.29, 1.82) is 0 Å². The van der Waals surface area contributed by atoms with Crippen molar-refractivity contribution in [3.05, 3.63) is 35.2 Å². The monoisotopic (exact) mass is 390 g/mol. The molecular formula is C11H21O9P3. The molecule has 0 saturated carbocycles. The largest absolute Gasteiger partial charge is 0.488 e. The third-order valence-electron chi connectivity index (χ3n) is 2.18. The highest BCUT2D eigenvalue weighted by molar-refractivity contribution is 7.69. The molecule has 0 aromatic heterocycles. The van der Waals surface area contributed by atoms with Crippen molar-refractivity contribution >= 4 is 23.2 Å². The van der Waals surface area contributed by atoms with Gasteiger partial charge in [0.2, 0.25) is 0 Å². The number of rotatable bonds is 9. The van der Waals surface area contributed by atoms with Crippen molar-refractivity contribution in [3.63, 3.8) is 0 Å². The molecule has 0 aromatic carbocycles. The van der Waals surface area contributed by atoms with Gasteiger partial charge in [-0.3, -0.25) is 4.57 Å². The molecule has 9 nitrogen and oxygen atoms in total. The van der Waals surface area contributed by atoms with E-state index in [0.29, 0.717) is 12.2 Å². The first-order chi connectivity index (χ1) is 10.2. The fraction of sp³-hybridized carbons (Fsp3) is 0.455. The van der Waals surface area contributed by atoms with Crippen LogP contribution in [-0.2, 0) is 22.3 Å². The van der Waals surface area contributed by atoms with E-state index in [2.05, 4.69) is 8.62 Å². The number of hydrogen-bond acceptors (Lipinski definition) is 5. The lowest BCUT2D eigenvalue weighted by molar-refractivity contribution is 0.224. The van der Waals surface area contributed by atoms with Crippen LogP contribution in [0.3, 0.4) is 0 Å². The van der Waals surface area contributed by atoms with Crippen LogP contribution in [0.25, 0.3) is 0 Å². The Bertz CT molecular complexity index is 625. The SMILES string of the molecule is CC(C)=CCCC(C)=CC=CP(=O)(O)OP(=O)(O)OP(=O)(O)O. The molecule has 0 saturated heterocycles. The zero-order valence-corrected chi connectivity index (χ0v) is 15.6. The van der Waals surface area contributed by atoms with E-state index in [9.17, 15) is 18.6 Å². The third kappa shape index (κ3) is 13.8. The standard InChI is InChI=1S/C11H21O9P3/c1-10(2)6-4-7-11(3)8-5-9-21(12,13)19-23(17,18)20-22(14,15)16/h5-6,8-9H,4,7H2,1-3H3,(H,12,13)(H,17,18)(H2,14,15,16). The first kappa shape index (κ1) is 22.7. The Kier molecular flexibility index (Phi) is 9.10. The highest BCUT2D eigenvalue weighted by Crippen LogP contribution is 2.66. The van der Waals surface area contributed by atoms with Crippen LogP contribution in [0, 0.1) is 0 Å². The number of hydrogen-bond donors (Lipinski definition) is 4. The Morgan fingerprint density at radius 3 is 2.04 bits per heavy atom. The Balaban J connectivity index is 4.73. The third-order valence-corrected chi connectivity index (χ3v) is 6.16. The van der Waals surface area contributed by atoms with Crippen LogP contribution in [-0.4, -0.2) is 19.6 Å². The maximum atomic E-state index is 11.5. The topological polar surface area (TPSA) is 151 Å². The molecule has 23 heavy (non-hydrogen) atoms. The summed E-state index contributed by atoms with van der Waals surface area (Å²) in [6.07, 6.45) is 6.20. The first-order valence-corrected chi connectivity index (χ1v) is 11.0. The van der Waals surface area contributed by atoms with E-state index in [1.54, 1.807) is 6.92 Å². The molecular weight excluding hydrogens is 369 g/mol. The molecule has 0 radical (unpaired) electrons. The van der Waals surface area contributed by atoms with Gasteiger partial charge >= 0.3 is 23.2 Å². The van der Waals surface area contributed by atoms with Crippen molar-refractivity contribution < 1.29 is 41.9 Å². The summed E-state index contributed by atoms with van der Waals surface area (Å²) in [7, 11) is -15.4. The first-order valence-electron chi connectivity index (χ1n) is 6.34. The maximum absolute atomic E-state index is 11.5. The molecule has 0 spiro atoms. The van der Waals surface area contributed by atoms with Gasteiger partial charge in [0.1, 0.15) is 0 Å². The molecule has 2 unspecified atom stereocenters. The Morgan fingerprint density at radius 2 is 1.57 bits per heavy atom. The zero-order valence-electron chi connectivity index (χ0n) is 12.9. The van der Waals surface area contributed by atoms with Gasteiger partial charge in [-0.1, -0.05) is 29.4 Å². The van der Waals surface area contributed by atoms with E-state index in [1.807, 2.05) is 19.9 Å². The van der Waals surface area contributed by atoms with Gasteiger partial charge < -0.3 is 19.6 Å². The summed E-state index contributed by atoms with van der Waals surface area (Å²) in [6, 6.07) is 0. The molecule has 4 N–H and O–H groups in total. The Labute approximate surface area is 134 Å². The van der Waals surface area contributed by atoms with E-state index >= 15 is 0 Å². The molecule has 0 aromatic rings. The minimum absolute atomic E-state index is 0.614. The lowest BCUT2D eigenvalue weighted by atomic mass is 10.1. The molecule has 0 bridgehead atoms. The van der Waals surface area contributed by atoms with Gasteiger partial charge in [0, 0.05) is 5.82 Å². The second-order valence-electron chi connectivity index (χ2n) is 4.86. The van der Waals surface area contributed by atoms with Crippen LogP contribution < -0.4 is 0 Å². The molecule has 0 aliphatic heterocycles. The molecule has 2 atom stereocenters. The van der Waals surface area contributed by atoms with Crippen molar-refractivity contribution in [1.82, 2.24) is 0 Å². The molecule has 0 fully saturated rings. The van der Waals surface area contributed by atoms with E-state index in [-0.39, 0.29) is 0 Å². The summed E-state index contributed by atoms with van der Waals surface area (Å²) in [5.74, 6) is 0.614. The summed E-state index contributed by atoms with van der Waals surface area (Å²) in [4.78, 5) is 35.1.